The van der Waals surface area contributed by atoms with Gasteiger partial charge in [-0.15, -0.1) is 24.0 Å². The molecule has 0 aromatic heterocycles. The van der Waals surface area contributed by atoms with Crippen molar-refractivity contribution in [1.29, 1.82) is 0 Å². The van der Waals surface area contributed by atoms with Crippen LogP contribution in [0.3, 0.4) is 0 Å². The summed E-state index contributed by atoms with van der Waals surface area (Å²) >= 11 is 0. The number of carbonyl (C=O) groups excluding carboxylic acids is 1. The molecule has 0 atom stereocenters. The summed E-state index contributed by atoms with van der Waals surface area (Å²) in [7, 11) is 0. The third-order valence-electron chi connectivity index (χ3n) is 3.17. The van der Waals surface area contributed by atoms with Crippen LogP contribution >= 0.6 is 24.0 Å². The number of amides is 1. The van der Waals surface area contributed by atoms with Crippen LogP contribution in [0.25, 0.3) is 0 Å². The van der Waals surface area contributed by atoms with Gasteiger partial charge in [0.05, 0.1) is 0 Å². The third kappa shape index (κ3) is 11.3. The van der Waals surface area contributed by atoms with Crippen molar-refractivity contribution in [3.63, 3.8) is 0 Å². The van der Waals surface area contributed by atoms with Gasteiger partial charge in [0.2, 0.25) is 5.91 Å². The van der Waals surface area contributed by atoms with Crippen molar-refractivity contribution in [1.82, 2.24) is 10.6 Å². The predicted octanol–water partition coefficient (Wildman–Crippen LogP) is 2.15. The lowest BCUT2D eigenvalue weighted by Gasteiger charge is -2.05. The van der Waals surface area contributed by atoms with E-state index in [1.807, 2.05) is 0 Å². The molecule has 0 saturated heterocycles. The number of unbranched alkanes of at least 4 members (excludes halogenated alkanes) is 5. The average Bonchev–Trinajstić information content (AvgIpc) is 3.19. The lowest BCUT2D eigenvalue weighted by molar-refractivity contribution is -0.119. The second-order valence-corrected chi connectivity index (χ2v) is 5.24. The van der Waals surface area contributed by atoms with Crippen LogP contribution in [-0.4, -0.2) is 31.0 Å². The Morgan fingerprint density at radius 3 is 2.50 bits per heavy atom. The molecule has 1 saturated carbocycles. The molecule has 20 heavy (non-hydrogen) atoms. The molecule has 0 aliphatic heterocycles. The summed E-state index contributed by atoms with van der Waals surface area (Å²) in [5.41, 5.74) is 5.69. The predicted molar refractivity (Wildman–Crippen MR) is 94.4 cm³/mol. The van der Waals surface area contributed by atoms with Crippen LogP contribution in [0.4, 0.5) is 0 Å². The fraction of sp³-hybridized carbons (Fsp3) is 0.857. The van der Waals surface area contributed by atoms with Gasteiger partial charge in [-0.3, -0.25) is 4.79 Å². The van der Waals surface area contributed by atoms with Gasteiger partial charge in [-0.2, -0.15) is 0 Å². The maximum atomic E-state index is 11.4. The summed E-state index contributed by atoms with van der Waals surface area (Å²) in [4.78, 5) is 15.4. The van der Waals surface area contributed by atoms with Gasteiger partial charge in [0.15, 0.2) is 5.96 Å². The maximum absolute atomic E-state index is 11.4. The fourth-order valence-electron chi connectivity index (χ4n) is 1.84. The lowest BCUT2D eigenvalue weighted by atomic mass is 10.1. The molecule has 1 rings (SSSR count). The van der Waals surface area contributed by atoms with Gasteiger partial charge in [-0.1, -0.05) is 39.0 Å². The summed E-state index contributed by atoms with van der Waals surface area (Å²) in [5.74, 6) is 0.339. The highest BCUT2D eigenvalue weighted by atomic mass is 127. The maximum Gasteiger partial charge on any atom is 0.242 e. The number of hydrogen-bond acceptors (Lipinski definition) is 2. The van der Waals surface area contributed by atoms with Crippen molar-refractivity contribution in [3.05, 3.63) is 0 Å². The first-order chi connectivity index (χ1) is 9.22. The van der Waals surface area contributed by atoms with Crippen LogP contribution < -0.4 is 16.4 Å². The molecule has 1 amide bonds. The Balaban J connectivity index is 0.00000361. The van der Waals surface area contributed by atoms with E-state index in [9.17, 15) is 4.79 Å². The van der Waals surface area contributed by atoms with Gasteiger partial charge < -0.3 is 16.4 Å². The normalized spacial score (nSPS) is 14.6. The Labute approximate surface area is 139 Å². The van der Waals surface area contributed by atoms with E-state index in [2.05, 4.69) is 22.5 Å². The molecular weight excluding hydrogens is 367 g/mol. The first-order valence-electron chi connectivity index (χ1n) is 7.55. The molecular formula is C14H29IN4O. The van der Waals surface area contributed by atoms with Gasteiger partial charge in [0.25, 0.3) is 0 Å². The Morgan fingerprint density at radius 2 is 1.85 bits per heavy atom. The highest BCUT2D eigenvalue weighted by Crippen LogP contribution is 2.18. The number of halogens is 1. The topological polar surface area (TPSA) is 79.5 Å². The van der Waals surface area contributed by atoms with Crippen molar-refractivity contribution in [3.8, 4) is 0 Å². The minimum absolute atomic E-state index is 0. The first kappa shape index (κ1) is 19.5. The molecule has 5 nitrogen and oxygen atoms in total. The SMILES string of the molecule is CCCCCCCCNC(N)=NCC(=O)NC1CC1.I. The Morgan fingerprint density at radius 1 is 1.20 bits per heavy atom. The van der Waals surface area contributed by atoms with Crippen LogP contribution in [0.15, 0.2) is 4.99 Å². The van der Waals surface area contributed by atoms with Crippen LogP contribution in [-0.2, 0) is 4.79 Å². The summed E-state index contributed by atoms with van der Waals surface area (Å²) < 4.78 is 0. The van der Waals surface area contributed by atoms with Crippen molar-refractivity contribution in [2.24, 2.45) is 10.7 Å². The number of rotatable bonds is 10. The Bertz CT molecular complexity index is 293. The standard InChI is InChI=1S/C14H28N4O.HI/c1-2-3-4-5-6-7-10-16-14(15)17-11-13(19)18-12-8-9-12;/h12H,2-11H2,1H3,(H,18,19)(H3,15,16,17);1H. The zero-order valence-electron chi connectivity index (χ0n) is 12.5. The second-order valence-electron chi connectivity index (χ2n) is 5.24. The lowest BCUT2D eigenvalue weighted by Crippen LogP contribution is -2.34. The summed E-state index contributed by atoms with van der Waals surface area (Å²) in [6.45, 7) is 3.19. The summed E-state index contributed by atoms with van der Waals surface area (Å²) in [5, 5.41) is 5.92. The number of aliphatic imine (C=N–C) groups is 1. The Hall–Kier alpha value is -0.530. The minimum Gasteiger partial charge on any atom is -0.370 e. The number of nitrogens with zero attached hydrogens (tertiary/aromatic N) is 1. The zero-order valence-corrected chi connectivity index (χ0v) is 14.8. The molecule has 4 N–H and O–H groups in total. The highest BCUT2D eigenvalue weighted by Gasteiger charge is 2.22. The number of carbonyl (C=O) groups is 1. The smallest absolute Gasteiger partial charge is 0.242 e. The monoisotopic (exact) mass is 396 g/mol. The van der Waals surface area contributed by atoms with E-state index in [1.54, 1.807) is 0 Å². The molecule has 1 fully saturated rings. The van der Waals surface area contributed by atoms with Crippen molar-refractivity contribution in [2.75, 3.05) is 13.1 Å². The van der Waals surface area contributed by atoms with Crippen LogP contribution in [0.2, 0.25) is 0 Å². The van der Waals surface area contributed by atoms with E-state index in [4.69, 9.17) is 5.73 Å². The molecule has 6 heteroatoms. The van der Waals surface area contributed by atoms with Gasteiger partial charge in [-0.25, -0.2) is 4.99 Å². The van der Waals surface area contributed by atoms with E-state index in [0.29, 0.717) is 12.0 Å². The number of nitrogens with two attached hydrogens (primary N) is 1. The molecule has 0 spiro atoms. The molecule has 118 valence electrons. The van der Waals surface area contributed by atoms with Gasteiger partial charge in [-0.05, 0) is 19.3 Å². The molecule has 0 bridgehead atoms. The van der Waals surface area contributed by atoms with E-state index in [-0.39, 0.29) is 36.4 Å². The van der Waals surface area contributed by atoms with Gasteiger partial charge in [0.1, 0.15) is 6.54 Å². The van der Waals surface area contributed by atoms with Crippen LogP contribution in [0.5, 0.6) is 0 Å². The molecule has 1 aliphatic rings. The van der Waals surface area contributed by atoms with Crippen molar-refractivity contribution >= 4 is 35.8 Å². The molecule has 0 aromatic carbocycles. The van der Waals surface area contributed by atoms with E-state index in [0.717, 1.165) is 25.8 Å². The molecule has 0 heterocycles. The molecule has 1 aliphatic carbocycles. The van der Waals surface area contributed by atoms with Crippen molar-refractivity contribution < 1.29 is 4.79 Å². The fourth-order valence-corrected chi connectivity index (χ4v) is 1.84. The largest absolute Gasteiger partial charge is 0.370 e. The molecule has 0 aromatic rings. The molecule has 0 radical (unpaired) electrons. The Kier molecular flexibility index (Phi) is 11.9. The third-order valence-corrected chi connectivity index (χ3v) is 3.17. The summed E-state index contributed by atoms with van der Waals surface area (Å²) in [6, 6.07) is 0.389. The van der Waals surface area contributed by atoms with E-state index >= 15 is 0 Å². The molecule has 0 unspecified atom stereocenters. The van der Waals surface area contributed by atoms with E-state index < -0.39 is 0 Å². The number of nitrogens with one attached hydrogen (secondary N) is 2. The highest BCUT2D eigenvalue weighted by molar-refractivity contribution is 14.0. The average molecular weight is 396 g/mol. The minimum atomic E-state index is -0.0354. The first-order valence-corrected chi connectivity index (χ1v) is 7.55. The number of hydrogen-bond donors (Lipinski definition) is 3. The van der Waals surface area contributed by atoms with Gasteiger partial charge >= 0.3 is 0 Å². The summed E-state index contributed by atoms with van der Waals surface area (Å²) in [6.07, 6.45) is 9.74. The quantitative estimate of drug-likeness (QED) is 0.229. The zero-order chi connectivity index (χ0) is 13.9. The van der Waals surface area contributed by atoms with Crippen LogP contribution in [0, 0.1) is 0 Å². The van der Waals surface area contributed by atoms with Crippen molar-refractivity contribution in [2.45, 2.75) is 64.3 Å². The van der Waals surface area contributed by atoms with Gasteiger partial charge in [0, 0.05) is 12.6 Å². The van der Waals surface area contributed by atoms with E-state index in [1.165, 1.54) is 32.1 Å². The number of guanidine groups is 1. The second kappa shape index (κ2) is 12.2. The van der Waals surface area contributed by atoms with Crippen LogP contribution in [0.1, 0.15) is 58.3 Å².